The number of nitrogens with zero attached hydrogens (tertiary/aromatic N) is 3. The number of primary amides is 1. The van der Waals surface area contributed by atoms with Crippen LogP contribution in [0.15, 0.2) is 42.5 Å². The van der Waals surface area contributed by atoms with Crippen LogP contribution in [0.2, 0.25) is 0 Å². The molecule has 0 saturated carbocycles. The van der Waals surface area contributed by atoms with Crippen molar-refractivity contribution in [3.8, 4) is 11.5 Å². The second-order valence-corrected chi connectivity index (χ2v) is 7.39. The Labute approximate surface area is 202 Å². The van der Waals surface area contributed by atoms with E-state index in [1.165, 1.54) is 24.3 Å². The smallest absolute Gasteiger partial charge is 0.405 e. The maximum absolute atomic E-state index is 12.9. The van der Waals surface area contributed by atoms with E-state index in [0.717, 1.165) is 5.69 Å². The van der Waals surface area contributed by atoms with Gasteiger partial charge in [-0.25, -0.2) is 4.79 Å². The van der Waals surface area contributed by atoms with Crippen LogP contribution in [0, 0.1) is 10.1 Å². The molecule has 1 heterocycles. The zero-order valence-corrected chi connectivity index (χ0v) is 19.7. The number of nitro groups is 1. The summed E-state index contributed by atoms with van der Waals surface area (Å²) >= 11 is 0. The molecular weight excluding hydrogens is 468 g/mol. The fourth-order valence-corrected chi connectivity index (χ4v) is 3.70. The summed E-state index contributed by atoms with van der Waals surface area (Å²) in [5.74, 6) is 1.07. The monoisotopic (exact) mass is 494 g/mol. The van der Waals surface area contributed by atoms with E-state index in [1.54, 1.807) is 19.1 Å². The first kappa shape index (κ1) is 26.5. The Hall–Kier alpha value is -3.73. The fraction of sp³-hybridized carbons (Fsp3) is 0.364. The summed E-state index contributed by atoms with van der Waals surface area (Å²) in [7, 11) is 3.15. The quantitative estimate of drug-likeness (QED) is 0.436. The number of anilines is 1. The number of non-ortho nitro benzene ring substituents is 1. The van der Waals surface area contributed by atoms with Gasteiger partial charge in [0.15, 0.2) is 11.5 Å². The van der Waals surface area contributed by atoms with E-state index in [4.69, 9.17) is 19.9 Å². The van der Waals surface area contributed by atoms with E-state index in [0.29, 0.717) is 43.2 Å². The van der Waals surface area contributed by atoms with Crippen LogP contribution in [-0.4, -0.2) is 62.2 Å². The first-order chi connectivity index (χ1) is 15.8. The lowest BCUT2D eigenvalue weighted by atomic mass is 10.0. The van der Waals surface area contributed by atoms with Crippen LogP contribution in [0.3, 0.4) is 0 Å². The summed E-state index contributed by atoms with van der Waals surface area (Å²) in [5, 5.41) is 10.9. The lowest BCUT2D eigenvalue weighted by Crippen LogP contribution is -2.49. The first-order valence-corrected chi connectivity index (χ1v) is 10.3. The van der Waals surface area contributed by atoms with Gasteiger partial charge in [-0.15, -0.1) is 12.4 Å². The molecule has 1 saturated heterocycles. The van der Waals surface area contributed by atoms with E-state index >= 15 is 0 Å². The van der Waals surface area contributed by atoms with Crippen LogP contribution < -0.4 is 20.1 Å². The molecule has 2 aromatic rings. The number of benzene rings is 2. The minimum atomic E-state index is -1.02. The second-order valence-electron chi connectivity index (χ2n) is 7.39. The number of carbonyl (C=O) groups excluding carboxylic acids is 2. The van der Waals surface area contributed by atoms with Crippen molar-refractivity contribution in [3.63, 3.8) is 0 Å². The maximum atomic E-state index is 12.9. The summed E-state index contributed by atoms with van der Waals surface area (Å²) in [6.07, 6.45) is -2.07. The van der Waals surface area contributed by atoms with Gasteiger partial charge in [-0.1, -0.05) is 0 Å². The van der Waals surface area contributed by atoms with Crippen molar-refractivity contribution in [2.24, 2.45) is 5.73 Å². The van der Waals surface area contributed by atoms with Gasteiger partial charge in [0.1, 0.15) is 6.10 Å². The van der Waals surface area contributed by atoms with Crippen molar-refractivity contribution in [1.29, 1.82) is 0 Å². The van der Waals surface area contributed by atoms with E-state index < -0.39 is 17.1 Å². The van der Waals surface area contributed by atoms with Crippen molar-refractivity contribution in [3.05, 3.63) is 58.1 Å². The van der Waals surface area contributed by atoms with Crippen LogP contribution >= 0.6 is 12.4 Å². The number of ether oxygens (including phenoxy) is 3. The summed E-state index contributed by atoms with van der Waals surface area (Å²) in [6.45, 7) is 2.19. The van der Waals surface area contributed by atoms with Gasteiger partial charge in [-0.3, -0.25) is 14.9 Å². The number of rotatable bonds is 8. The van der Waals surface area contributed by atoms with Crippen molar-refractivity contribution in [2.45, 2.75) is 12.5 Å². The van der Waals surface area contributed by atoms with E-state index in [9.17, 15) is 19.7 Å². The molecule has 1 aliphatic heterocycles. The van der Waals surface area contributed by atoms with Gasteiger partial charge in [0.05, 0.1) is 25.6 Å². The molecule has 0 aliphatic carbocycles. The molecule has 0 radical (unpaired) electrons. The number of nitro benzene ring substituents is 1. The van der Waals surface area contributed by atoms with Gasteiger partial charge < -0.3 is 29.7 Å². The van der Waals surface area contributed by atoms with Crippen molar-refractivity contribution < 1.29 is 28.7 Å². The zero-order valence-electron chi connectivity index (χ0n) is 18.8. The molecule has 3 rings (SSSR count). The average Bonchev–Trinajstić information content (AvgIpc) is 2.83. The Morgan fingerprint density at radius 2 is 1.65 bits per heavy atom. The molecule has 2 N–H and O–H groups in total. The number of hydrogen-bond acceptors (Lipinski definition) is 8. The van der Waals surface area contributed by atoms with Gasteiger partial charge in [-0.2, -0.15) is 0 Å². The average molecular weight is 495 g/mol. The number of piperazine rings is 1. The molecular formula is C22H27ClN4O7. The topological polar surface area (TPSA) is 137 Å². The van der Waals surface area contributed by atoms with Gasteiger partial charge in [-0.05, 0) is 29.8 Å². The third-order valence-corrected chi connectivity index (χ3v) is 5.46. The summed E-state index contributed by atoms with van der Waals surface area (Å²) in [5.41, 5.74) is 6.48. The molecule has 11 nitrogen and oxygen atoms in total. The lowest BCUT2D eigenvalue weighted by molar-refractivity contribution is -0.384. The van der Waals surface area contributed by atoms with Gasteiger partial charge in [0, 0.05) is 50.1 Å². The van der Waals surface area contributed by atoms with Crippen LogP contribution in [-0.2, 0) is 9.53 Å². The Balaban J connectivity index is 0.00000408. The first-order valence-electron chi connectivity index (χ1n) is 10.3. The highest BCUT2D eigenvalue weighted by molar-refractivity contribution is 5.85. The van der Waals surface area contributed by atoms with Gasteiger partial charge in [0.25, 0.3) is 5.69 Å². The van der Waals surface area contributed by atoms with Crippen LogP contribution in [0.5, 0.6) is 11.5 Å². The third kappa shape index (κ3) is 6.41. The molecule has 2 aromatic carbocycles. The highest BCUT2D eigenvalue weighted by Gasteiger charge is 2.27. The number of halogens is 1. The summed E-state index contributed by atoms with van der Waals surface area (Å²) in [6, 6.07) is 11.1. The molecule has 12 heteroatoms. The highest BCUT2D eigenvalue weighted by Crippen LogP contribution is 2.32. The second kappa shape index (κ2) is 11.9. The predicted octanol–water partition coefficient (Wildman–Crippen LogP) is 2.91. The largest absolute Gasteiger partial charge is 0.493 e. The highest BCUT2D eigenvalue weighted by atomic mass is 35.5. The number of carbonyl (C=O) groups is 2. The van der Waals surface area contributed by atoms with Gasteiger partial charge in [0.2, 0.25) is 5.91 Å². The van der Waals surface area contributed by atoms with E-state index in [1.807, 2.05) is 18.2 Å². The van der Waals surface area contributed by atoms with Crippen molar-refractivity contribution in [2.75, 3.05) is 45.3 Å². The molecule has 2 amide bonds. The molecule has 1 fully saturated rings. The molecule has 34 heavy (non-hydrogen) atoms. The molecule has 0 aromatic heterocycles. The Morgan fingerprint density at radius 1 is 1.03 bits per heavy atom. The SMILES string of the molecule is COc1ccc(N2CCN(C(=O)CC(OC(N)=O)c3ccc([N+](=O)[O-])cc3)CC2)cc1OC.Cl. The molecule has 0 bridgehead atoms. The number of hydrogen-bond donors (Lipinski definition) is 1. The van der Waals surface area contributed by atoms with Crippen LogP contribution in [0.4, 0.5) is 16.2 Å². The van der Waals surface area contributed by atoms with Gasteiger partial charge >= 0.3 is 6.09 Å². The maximum Gasteiger partial charge on any atom is 0.405 e. The van der Waals surface area contributed by atoms with Crippen LogP contribution in [0.1, 0.15) is 18.1 Å². The molecule has 1 atom stereocenters. The van der Waals surface area contributed by atoms with E-state index in [-0.39, 0.29) is 30.4 Å². The zero-order chi connectivity index (χ0) is 24.0. The Bertz CT molecular complexity index is 1010. The molecule has 1 unspecified atom stereocenters. The van der Waals surface area contributed by atoms with Crippen LogP contribution in [0.25, 0.3) is 0 Å². The fourth-order valence-electron chi connectivity index (χ4n) is 3.70. The summed E-state index contributed by atoms with van der Waals surface area (Å²) in [4.78, 5) is 38.4. The third-order valence-electron chi connectivity index (χ3n) is 5.46. The molecule has 184 valence electrons. The standard InChI is InChI=1S/C22H26N4O7.ClH/c1-31-18-8-7-17(13-20(18)32-2)24-9-11-25(12-10-24)21(27)14-19(33-22(23)28)15-3-5-16(6-4-15)26(29)30;/h3-8,13,19H,9-12,14H2,1-2H3,(H2,23,28);1H. The number of amides is 2. The Kier molecular flexibility index (Phi) is 9.31. The minimum absolute atomic E-state index is 0. The number of nitrogens with two attached hydrogens (primary N) is 1. The number of methoxy groups -OCH3 is 2. The van der Waals surface area contributed by atoms with Crippen molar-refractivity contribution in [1.82, 2.24) is 4.90 Å². The normalized spacial score (nSPS) is 13.9. The minimum Gasteiger partial charge on any atom is -0.493 e. The predicted molar refractivity (Wildman–Crippen MR) is 127 cm³/mol. The van der Waals surface area contributed by atoms with Crippen molar-refractivity contribution >= 4 is 35.8 Å². The lowest BCUT2D eigenvalue weighted by Gasteiger charge is -2.36. The Morgan fingerprint density at radius 3 is 2.18 bits per heavy atom. The van der Waals surface area contributed by atoms with E-state index in [2.05, 4.69) is 4.90 Å². The summed E-state index contributed by atoms with van der Waals surface area (Å²) < 4.78 is 15.8. The molecule has 1 aliphatic rings. The molecule has 0 spiro atoms.